The van der Waals surface area contributed by atoms with E-state index in [9.17, 15) is 0 Å². The van der Waals surface area contributed by atoms with E-state index in [1.165, 1.54) is 19.4 Å². The molecule has 5 nitrogen and oxygen atoms in total. The van der Waals surface area contributed by atoms with Gasteiger partial charge in [0.1, 0.15) is 12.2 Å². The summed E-state index contributed by atoms with van der Waals surface area (Å²) in [4.78, 5) is 2.56. The molecule has 2 heterocycles. The van der Waals surface area contributed by atoms with Gasteiger partial charge in [0.25, 0.3) is 0 Å². The van der Waals surface area contributed by atoms with Crippen LogP contribution in [0.15, 0.2) is 6.33 Å². The molecule has 1 N–H and O–H groups in total. The van der Waals surface area contributed by atoms with Gasteiger partial charge in [0.2, 0.25) is 0 Å². The molecule has 4 unspecified atom stereocenters. The average Bonchev–Trinajstić information content (AvgIpc) is 2.89. The molecule has 1 aliphatic heterocycles. The van der Waals surface area contributed by atoms with E-state index in [0.717, 1.165) is 43.2 Å². The first-order valence-electron chi connectivity index (χ1n) is 7.93. The first kappa shape index (κ1) is 14.0. The monoisotopic (exact) mass is 277 g/mol. The lowest BCUT2D eigenvalue weighted by atomic mass is 9.72. The van der Waals surface area contributed by atoms with Crippen molar-refractivity contribution in [1.82, 2.24) is 25.0 Å². The quantitative estimate of drug-likeness (QED) is 0.906. The Balaban J connectivity index is 1.65. The van der Waals surface area contributed by atoms with Crippen molar-refractivity contribution in [2.75, 3.05) is 20.1 Å². The normalized spacial score (nSPS) is 35.0. The predicted octanol–water partition coefficient (Wildman–Crippen LogP) is 1.36. The highest BCUT2D eigenvalue weighted by Crippen LogP contribution is 2.34. The van der Waals surface area contributed by atoms with E-state index in [0.29, 0.717) is 6.04 Å². The SMILES string of the molecule is CNC1CC(C)CC(C)C1CN1CCn2cnnc2C1. The van der Waals surface area contributed by atoms with Crippen LogP contribution in [0.4, 0.5) is 0 Å². The third-order valence-corrected chi connectivity index (χ3v) is 5.24. The summed E-state index contributed by atoms with van der Waals surface area (Å²) >= 11 is 0. The molecular weight excluding hydrogens is 250 g/mol. The van der Waals surface area contributed by atoms with Gasteiger partial charge in [-0.25, -0.2) is 0 Å². The molecule has 20 heavy (non-hydrogen) atoms. The van der Waals surface area contributed by atoms with E-state index in [4.69, 9.17) is 0 Å². The summed E-state index contributed by atoms with van der Waals surface area (Å²) in [6.45, 7) is 9.11. The van der Waals surface area contributed by atoms with Gasteiger partial charge >= 0.3 is 0 Å². The molecular formula is C15H27N5. The molecule has 3 rings (SSSR count). The number of nitrogens with one attached hydrogen (secondary N) is 1. The number of fused-ring (bicyclic) bond motifs is 1. The molecule has 0 radical (unpaired) electrons. The predicted molar refractivity (Wildman–Crippen MR) is 79.2 cm³/mol. The molecule has 0 amide bonds. The summed E-state index contributed by atoms with van der Waals surface area (Å²) in [6.07, 6.45) is 4.54. The maximum atomic E-state index is 4.23. The number of hydrogen-bond acceptors (Lipinski definition) is 4. The first-order valence-corrected chi connectivity index (χ1v) is 7.93. The van der Waals surface area contributed by atoms with Crippen molar-refractivity contribution in [2.45, 2.75) is 45.8 Å². The molecule has 0 spiro atoms. The first-order chi connectivity index (χ1) is 9.67. The fraction of sp³-hybridized carbons (Fsp3) is 0.867. The van der Waals surface area contributed by atoms with Crippen LogP contribution < -0.4 is 5.32 Å². The summed E-state index contributed by atoms with van der Waals surface area (Å²) in [5.74, 6) is 3.53. The van der Waals surface area contributed by atoms with Gasteiger partial charge in [0.15, 0.2) is 0 Å². The second-order valence-corrected chi connectivity index (χ2v) is 6.79. The number of hydrogen-bond donors (Lipinski definition) is 1. The van der Waals surface area contributed by atoms with Gasteiger partial charge in [0, 0.05) is 25.7 Å². The Bertz CT molecular complexity index is 443. The van der Waals surface area contributed by atoms with E-state index in [1.807, 2.05) is 6.33 Å². The Labute approximate surface area is 121 Å². The van der Waals surface area contributed by atoms with Crippen molar-refractivity contribution in [1.29, 1.82) is 0 Å². The van der Waals surface area contributed by atoms with Gasteiger partial charge in [0.05, 0.1) is 6.54 Å². The van der Waals surface area contributed by atoms with E-state index in [-0.39, 0.29) is 0 Å². The molecule has 0 aromatic carbocycles. The van der Waals surface area contributed by atoms with Crippen LogP contribution in [0.2, 0.25) is 0 Å². The Hall–Kier alpha value is -0.940. The minimum Gasteiger partial charge on any atom is -0.317 e. The smallest absolute Gasteiger partial charge is 0.147 e. The van der Waals surface area contributed by atoms with E-state index in [2.05, 4.69) is 45.9 Å². The summed E-state index contributed by atoms with van der Waals surface area (Å²) in [6, 6.07) is 0.661. The highest BCUT2D eigenvalue weighted by molar-refractivity contribution is 4.93. The zero-order chi connectivity index (χ0) is 14.1. The van der Waals surface area contributed by atoms with Crippen LogP contribution in [0, 0.1) is 17.8 Å². The second-order valence-electron chi connectivity index (χ2n) is 6.79. The van der Waals surface area contributed by atoms with Gasteiger partial charge in [-0.3, -0.25) is 4.90 Å². The third-order valence-electron chi connectivity index (χ3n) is 5.24. The van der Waals surface area contributed by atoms with Crippen molar-refractivity contribution in [2.24, 2.45) is 17.8 Å². The molecule has 4 atom stereocenters. The van der Waals surface area contributed by atoms with Gasteiger partial charge in [-0.2, -0.15) is 0 Å². The maximum absolute atomic E-state index is 4.23. The Morgan fingerprint density at radius 3 is 2.95 bits per heavy atom. The van der Waals surface area contributed by atoms with Gasteiger partial charge in [-0.1, -0.05) is 13.8 Å². The van der Waals surface area contributed by atoms with Gasteiger partial charge < -0.3 is 9.88 Å². The van der Waals surface area contributed by atoms with Crippen LogP contribution in [0.25, 0.3) is 0 Å². The molecule has 1 aliphatic carbocycles. The van der Waals surface area contributed by atoms with Crippen LogP contribution >= 0.6 is 0 Å². The molecule has 112 valence electrons. The largest absolute Gasteiger partial charge is 0.317 e. The van der Waals surface area contributed by atoms with E-state index >= 15 is 0 Å². The summed E-state index contributed by atoms with van der Waals surface area (Å²) in [5, 5.41) is 11.8. The van der Waals surface area contributed by atoms with Crippen molar-refractivity contribution in [3.8, 4) is 0 Å². The van der Waals surface area contributed by atoms with Crippen LogP contribution in [-0.2, 0) is 13.1 Å². The number of aromatic nitrogens is 3. The number of rotatable bonds is 3. The third kappa shape index (κ3) is 2.74. The second kappa shape index (κ2) is 5.82. The lowest BCUT2D eigenvalue weighted by Crippen LogP contribution is -2.49. The highest BCUT2D eigenvalue weighted by atomic mass is 15.3. The molecule has 1 aromatic heterocycles. The van der Waals surface area contributed by atoms with Crippen LogP contribution in [-0.4, -0.2) is 45.8 Å². The summed E-state index contributed by atoms with van der Waals surface area (Å²) in [7, 11) is 2.12. The van der Waals surface area contributed by atoms with E-state index in [1.54, 1.807) is 0 Å². The Morgan fingerprint density at radius 1 is 1.30 bits per heavy atom. The zero-order valence-electron chi connectivity index (χ0n) is 12.9. The Morgan fingerprint density at radius 2 is 2.15 bits per heavy atom. The standard InChI is InChI=1S/C15H27N5/c1-11-6-12(2)13(14(7-11)16-3)8-19-4-5-20-10-17-18-15(20)9-19/h10-14,16H,4-9H2,1-3H3. The maximum Gasteiger partial charge on any atom is 0.147 e. The van der Waals surface area contributed by atoms with Gasteiger partial charge in [-0.15, -0.1) is 10.2 Å². The molecule has 1 aromatic rings. The lowest BCUT2D eigenvalue weighted by Gasteiger charge is -2.42. The highest BCUT2D eigenvalue weighted by Gasteiger charge is 2.34. The minimum atomic E-state index is 0.661. The van der Waals surface area contributed by atoms with Crippen LogP contribution in [0.5, 0.6) is 0 Å². The van der Waals surface area contributed by atoms with Crippen LogP contribution in [0.1, 0.15) is 32.5 Å². The summed E-state index contributed by atoms with van der Waals surface area (Å²) < 4.78 is 2.18. The fourth-order valence-corrected chi connectivity index (χ4v) is 4.12. The Kier molecular flexibility index (Phi) is 4.08. The molecule has 5 heteroatoms. The van der Waals surface area contributed by atoms with Crippen LogP contribution in [0.3, 0.4) is 0 Å². The molecule has 2 aliphatic rings. The van der Waals surface area contributed by atoms with Crippen molar-refractivity contribution in [3.05, 3.63) is 12.2 Å². The zero-order valence-corrected chi connectivity index (χ0v) is 12.9. The van der Waals surface area contributed by atoms with Crippen molar-refractivity contribution in [3.63, 3.8) is 0 Å². The van der Waals surface area contributed by atoms with Crippen molar-refractivity contribution < 1.29 is 0 Å². The van der Waals surface area contributed by atoms with Gasteiger partial charge in [-0.05, 0) is 37.6 Å². The molecule has 1 fully saturated rings. The topological polar surface area (TPSA) is 46.0 Å². The minimum absolute atomic E-state index is 0.661. The fourth-order valence-electron chi connectivity index (χ4n) is 4.12. The van der Waals surface area contributed by atoms with Crippen molar-refractivity contribution >= 4 is 0 Å². The summed E-state index contributed by atoms with van der Waals surface area (Å²) in [5.41, 5.74) is 0. The molecule has 1 saturated carbocycles. The number of nitrogens with zero attached hydrogens (tertiary/aromatic N) is 4. The molecule has 0 bridgehead atoms. The van der Waals surface area contributed by atoms with E-state index < -0.39 is 0 Å². The molecule has 0 saturated heterocycles. The average molecular weight is 277 g/mol. The lowest BCUT2D eigenvalue weighted by molar-refractivity contribution is 0.0904.